The maximum atomic E-state index is 10.9. The van der Waals surface area contributed by atoms with E-state index in [0.29, 0.717) is 5.70 Å². The molecule has 2 atom stereocenters. The lowest BCUT2D eigenvalue weighted by Crippen LogP contribution is -2.33. The van der Waals surface area contributed by atoms with E-state index in [1.54, 1.807) is 6.08 Å². The second-order valence-corrected chi connectivity index (χ2v) is 6.64. The fourth-order valence-electron chi connectivity index (χ4n) is 3.41. The van der Waals surface area contributed by atoms with Gasteiger partial charge >= 0.3 is 0 Å². The van der Waals surface area contributed by atoms with Gasteiger partial charge in [-0.05, 0) is 66.8 Å². The molecule has 0 radical (unpaired) electrons. The first-order valence-corrected chi connectivity index (χ1v) is 8.76. The SMILES string of the molecule is O=[N+]([O-])OC1C=C2C=C3C=CC(=N3)C=c3ccc([nH]3)=CC3=NC(=CC1N2)C=C3. The van der Waals surface area contributed by atoms with Crippen molar-refractivity contribution in [1.29, 1.82) is 0 Å². The minimum Gasteiger partial charge on any atom is -0.376 e. The van der Waals surface area contributed by atoms with Gasteiger partial charge in [-0.25, -0.2) is 9.98 Å². The first-order valence-electron chi connectivity index (χ1n) is 8.76. The molecule has 0 aliphatic carbocycles. The number of nitrogens with zero attached hydrogens (tertiary/aromatic N) is 3. The summed E-state index contributed by atoms with van der Waals surface area (Å²) in [5.41, 5.74) is 3.80. The molecule has 8 nitrogen and oxygen atoms in total. The largest absolute Gasteiger partial charge is 0.376 e. The van der Waals surface area contributed by atoms with Crippen molar-refractivity contribution in [1.82, 2.24) is 10.3 Å². The molecule has 8 bridgehead atoms. The molecular formula is C20H15N5O3. The highest BCUT2D eigenvalue weighted by molar-refractivity contribution is 6.20. The van der Waals surface area contributed by atoms with Crippen LogP contribution >= 0.6 is 0 Å². The fourth-order valence-corrected chi connectivity index (χ4v) is 3.41. The lowest BCUT2D eigenvalue weighted by atomic mass is 10.1. The predicted octanol–water partition coefficient (Wildman–Crippen LogP) is 0.811. The summed E-state index contributed by atoms with van der Waals surface area (Å²) in [6.45, 7) is 0. The Hall–Kier alpha value is -3.94. The number of hydrogen-bond acceptors (Lipinski definition) is 6. The Bertz CT molecular complexity index is 1210. The smallest absolute Gasteiger partial charge is 0.295 e. The number of hydrogen-bond donors (Lipinski definition) is 2. The summed E-state index contributed by atoms with van der Waals surface area (Å²) in [6, 6.07) is 3.56. The van der Waals surface area contributed by atoms with Gasteiger partial charge in [-0.2, -0.15) is 0 Å². The van der Waals surface area contributed by atoms with Gasteiger partial charge in [-0.3, -0.25) is 0 Å². The van der Waals surface area contributed by atoms with Gasteiger partial charge in [-0.1, -0.05) is 0 Å². The van der Waals surface area contributed by atoms with E-state index >= 15 is 0 Å². The predicted molar refractivity (Wildman–Crippen MR) is 105 cm³/mol. The zero-order valence-electron chi connectivity index (χ0n) is 14.6. The molecule has 4 aliphatic heterocycles. The molecule has 5 rings (SSSR count). The second-order valence-electron chi connectivity index (χ2n) is 6.64. The van der Waals surface area contributed by atoms with Crippen molar-refractivity contribution in [2.75, 3.05) is 0 Å². The van der Waals surface area contributed by atoms with E-state index in [1.165, 1.54) is 0 Å². The van der Waals surface area contributed by atoms with Crippen molar-refractivity contribution in [3.8, 4) is 0 Å². The number of fused-ring (bicyclic) bond motifs is 6. The van der Waals surface area contributed by atoms with E-state index in [0.717, 1.165) is 33.5 Å². The van der Waals surface area contributed by atoms with Crippen LogP contribution in [0.1, 0.15) is 0 Å². The minimum atomic E-state index is -0.775. The van der Waals surface area contributed by atoms with Crippen LogP contribution in [0.3, 0.4) is 0 Å². The normalized spacial score (nSPS) is 24.2. The number of aromatic amines is 1. The van der Waals surface area contributed by atoms with Crippen molar-refractivity contribution < 1.29 is 9.92 Å². The molecule has 0 saturated heterocycles. The molecular weight excluding hydrogens is 358 g/mol. The van der Waals surface area contributed by atoms with Gasteiger partial charge in [-0.15, -0.1) is 10.1 Å². The van der Waals surface area contributed by atoms with E-state index in [9.17, 15) is 10.1 Å². The first-order chi connectivity index (χ1) is 13.6. The molecule has 28 heavy (non-hydrogen) atoms. The van der Waals surface area contributed by atoms with E-state index in [4.69, 9.17) is 4.84 Å². The molecule has 0 amide bonds. The van der Waals surface area contributed by atoms with Crippen LogP contribution in [-0.2, 0) is 4.84 Å². The number of aliphatic imine (C=N–C) groups is 2. The maximum Gasteiger partial charge on any atom is 0.295 e. The molecule has 0 aromatic carbocycles. The van der Waals surface area contributed by atoms with Gasteiger partial charge in [0.1, 0.15) is 0 Å². The van der Waals surface area contributed by atoms with Crippen LogP contribution in [-0.4, -0.2) is 33.6 Å². The molecule has 8 heteroatoms. The van der Waals surface area contributed by atoms with Gasteiger partial charge in [0, 0.05) is 16.4 Å². The Morgan fingerprint density at radius 1 is 0.929 bits per heavy atom. The number of allylic oxidation sites excluding steroid dienone is 5. The van der Waals surface area contributed by atoms with Gasteiger partial charge in [0.25, 0.3) is 5.09 Å². The summed E-state index contributed by atoms with van der Waals surface area (Å²) in [6.07, 6.45) is 16.1. The van der Waals surface area contributed by atoms with Crippen LogP contribution in [0.15, 0.2) is 81.7 Å². The summed E-state index contributed by atoms with van der Waals surface area (Å²) in [5.74, 6) is 0. The summed E-state index contributed by atoms with van der Waals surface area (Å²) in [7, 11) is 0. The number of rotatable bonds is 2. The summed E-state index contributed by atoms with van der Waals surface area (Å²) in [5, 5.41) is 15.2. The third-order valence-electron chi connectivity index (χ3n) is 4.60. The highest BCUT2D eigenvalue weighted by Crippen LogP contribution is 2.22. The fraction of sp³-hybridized carbons (Fsp3) is 0.100. The molecule has 138 valence electrons. The van der Waals surface area contributed by atoms with Crippen LogP contribution in [0, 0.1) is 10.1 Å². The molecule has 2 N–H and O–H groups in total. The molecule has 1 aromatic heterocycles. The molecule has 0 fully saturated rings. The Balaban J connectivity index is 1.62. The molecule has 0 spiro atoms. The zero-order valence-corrected chi connectivity index (χ0v) is 14.6. The monoisotopic (exact) mass is 373 g/mol. The van der Waals surface area contributed by atoms with Gasteiger partial charge in [0.05, 0.1) is 28.9 Å². The van der Waals surface area contributed by atoms with Crippen LogP contribution in [0.4, 0.5) is 0 Å². The minimum absolute atomic E-state index is 0.412. The van der Waals surface area contributed by atoms with Crippen LogP contribution in [0.25, 0.3) is 12.2 Å². The topological polar surface area (TPSA) is 105 Å². The number of aromatic nitrogens is 1. The molecule has 5 heterocycles. The Kier molecular flexibility index (Phi) is 3.68. The van der Waals surface area contributed by atoms with Crippen LogP contribution in [0.2, 0.25) is 0 Å². The second kappa shape index (κ2) is 6.34. The molecule has 2 unspecified atom stereocenters. The lowest BCUT2D eigenvalue weighted by Gasteiger charge is -2.15. The van der Waals surface area contributed by atoms with Crippen molar-refractivity contribution >= 4 is 23.6 Å². The summed E-state index contributed by atoms with van der Waals surface area (Å²) in [4.78, 5) is 28.2. The Morgan fingerprint density at radius 3 is 2.32 bits per heavy atom. The molecule has 1 aromatic rings. The Morgan fingerprint density at radius 2 is 1.61 bits per heavy atom. The summed E-state index contributed by atoms with van der Waals surface area (Å²) >= 11 is 0. The first kappa shape index (κ1) is 16.2. The van der Waals surface area contributed by atoms with E-state index in [1.807, 2.05) is 60.7 Å². The third kappa shape index (κ3) is 3.23. The summed E-state index contributed by atoms with van der Waals surface area (Å²) < 4.78 is 0. The van der Waals surface area contributed by atoms with Gasteiger partial charge < -0.3 is 15.1 Å². The van der Waals surface area contributed by atoms with Crippen molar-refractivity contribution in [3.05, 3.63) is 92.6 Å². The van der Waals surface area contributed by atoms with Crippen LogP contribution in [0.5, 0.6) is 0 Å². The molecule has 0 saturated carbocycles. The van der Waals surface area contributed by atoms with Crippen molar-refractivity contribution in [2.24, 2.45) is 9.98 Å². The average molecular weight is 373 g/mol. The lowest BCUT2D eigenvalue weighted by molar-refractivity contribution is -0.765. The van der Waals surface area contributed by atoms with Gasteiger partial charge in [0.15, 0.2) is 6.10 Å². The average Bonchev–Trinajstić information content (AvgIpc) is 3.40. The molecule has 4 aliphatic rings. The Labute approximate surface area is 159 Å². The van der Waals surface area contributed by atoms with E-state index in [-0.39, 0.29) is 0 Å². The third-order valence-corrected chi connectivity index (χ3v) is 4.60. The van der Waals surface area contributed by atoms with Crippen molar-refractivity contribution in [3.63, 3.8) is 0 Å². The van der Waals surface area contributed by atoms with Crippen molar-refractivity contribution in [2.45, 2.75) is 12.1 Å². The van der Waals surface area contributed by atoms with E-state index in [2.05, 4.69) is 20.3 Å². The van der Waals surface area contributed by atoms with Crippen LogP contribution < -0.4 is 16.0 Å². The standard InChI is InChI=1S/C20H15N5O3/c26-25(27)28-20-11-18-9-16-4-3-14(22-16)7-12-1-2-13(21-12)8-15-5-6-17(23-15)10-19(20)24-18/h1-11,19-21,24H. The van der Waals surface area contributed by atoms with E-state index < -0.39 is 17.2 Å². The number of nitrogens with one attached hydrogen (secondary N) is 2. The highest BCUT2D eigenvalue weighted by Gasteiger charge is 2.28. The number of H-pyrrole nitrogens is 1. The zero-order chi connectivity index (χ0) is 19.1. The highest BCUT2D eigenvalue weighted by atomic mass is 17.0. The van der Waals surface area contributed by atoms with Gasteiger partial charge in [0.2, 0.25) is 0 Å². The maximum absolute atomic E-state index is 10.9. The quantitative estimate of drug-likeness (QED) is 0.591.